The lowest BCUT2D eigenvalue weighted by atomic mass is 9.71. The van der Waals surface area contributed by atoms with Gasteiger partial charge in [0.15, 0.2) is 0 Å². The number of aromatic nitrogens is 1. The van der Waals surface area contributed by atoms with Crippen LogP contribution >= 0.6 is 11.3 Å². The Balaban J connectivity index is 1.54. The lowest BCUT2D eigenvalue weighted by Crippen LogP contribution is -2.47. The quantitative estimate of drug-likeness (QED) is 0.0761. The van der Waals surface area contributed by atoms with E-state index in [0.717, 1.165) is 46.5 Å². The predicted octanol–water partition coefficient (Wildman–Crippen LogP) is 6.22. The minimum Gasteiger partial charge on any atom is -0.461 e. The number of aliphatic hydroxyl groups is 1. The molecule has 2 aliphatic heterocycles. The van der Waals surface area contributed by atoms with Crippen molar-refractivity contribution in [2.24, 2.45) is 17.3 Å². The number of epoxide rings is 1. The van der Waals surface area contributed by atoms with Crippen molar-refractivity contribution in [3.05, 3.63) is 41.4 Å². The van der Waals surface area contributed by atoms with Crippen molar-refractivity contribution in [3.8, 4) is 0 Å². The third-order valence-corrected chi connectivity index (χ3v) is 11.1. The highest BCUT2D eigenvalue weighted by Crippen LogP contribution is 2.47. The van der Waals surface area contributed by atoms with Crippen molar-refractivity contribution >= 4 is 39.3 Å². The van der Waals surface area contributed by atoms with Gasteiger partial charge < -0.3 is 19.3 Å². The maximum atomic E-state index is 14.3. The fourth-order valence-electron chi connectivity index (χ4n) is 6.87. The monoisotopic (exact) mass is 701 g/mol. The van der Waals surface area contributed by atoms with Crippen molar-refractivity contribution in [1.29, 1.82) is 0 Å². The zero-order valence-electron chi connectivity index (χ0n) is 29.9. The number of aliphatic hydroxyl groups excluding tert-OH is 1. The maximum absolute atomic E-state index is 14.3. The highest BCUT2D eigenvalue weighted by atomic mass is 32.1. The third kappa shape index (κ3) is 10.4. The first kappa shape index (κ1) is 39.1. The smallest absolute Gasteiger partial charge is 0.309 e. The summed E-state index contributed by atoms with van der Waals surface area (Å²) in [6, 6.07) is 5.91. The molecule has 0 amide bonds. The Kier molecular flexibility index (Phi) is 13.9. The van der Waals surface area contributed by atoms with Gasteiger partial charge in [-0.05, 0) is 69.6 Å². The Labute approximate surface area is 294 Å². The second kappa shape index (κ2) is 17.5. The summed E-state index contributed by atoms with van der Waals surface area (Å²) >= 11 is 1.61. The van der Waals surface area contributed by atoms with E-state index in [-0.39, 0.29) is 48.6 Å². The molecule has 11 nitrogen and oxygen atoms in total. The van der Waals surface area contributed by atoms with Crippen LogP contribution in [0.3, 0.4) is 0 Å². The Bertz CT molecular complexity index is 1450. The molecule has 0 aliphatic carbocycles. The summed E-state index contributed by atoms with van der Waals surface area (Å²) in [4.78, 5) is 50.3. The molecular formula is C37H55N3O8S. The van der Waals surface area contributed by atoms with E-state index in [1.54, 1.807) is 31.3 Å². The third-order valence-electron chi connectivity index (χ3n) is 10.1. The number of cyclic esters (lactones) is 1. The van der Waals surface area contributed by atoms with Crippen molar-refractivity contribution in [2.45, 2.75) is 129 Å². The number of hydrogen-bond acceptors (Lipinski definition) is 12. The lowest BCUT2D eigenvalue weighted by molar-refractivity contribution is -0.162. The fraction of sp³-hybridized carbons (Fsp3) is 0.676. The molecule has 2 saturated heterocycles. The van der Waals surface area contributed by atoms with Crippen LogP contribution in [-0.4, -0.2) is 65.4 Å². The second-order valence-corrected chi connectivity index (χ2v) is 15.6. The number of rotatable bonds is 12. The average molecular weight is 702 g/mol. The Morgan fingerprint density at radius 1 is 1.22 bits per heavy atom. The largest absolute Gasteiger partial charge is 0.461 e. The molecule has 2 aliphatic rings. The van der Waals surface area contributed by atoms with Gasteiger partial charge in [0.25, 0.3) is 0 Å². The molecule has 7 atom stereocenters. The highest BCUT2D eigenvalue weighted by Gasteiger charge is 2.53. The molecule has 0 bridgehead atoms. The molecular weight excluding hydrogens is 646 g/mol. The van der Waals surface area contributed by atoms with E-state index in [1.165, 1.54) is 7.11 Å². The van der Waals surface area contributed by atoms with Crippen LogP contribution in [0.1, 0.15) is 109 Å². The van der Waals surface area contributed by atoms with Gasteiger partial charge in [0.05, 0.1) is 57.9 Å². The molecule has 2 fully saturated rings. The molecule has 1 aromatic carbocycles. The number of unbranched alkanes of at least 4 members (excludes halogenated alkanes) is 2. The number of carbonyl (C=O) groups is 3. The first-order chi connectivity index (χ1) is 23.3. The van der Waals surface area contributed by atoms with Gasteiger partial charge in [-0.3, -0.25) is 19.2 Å². The average Bonchev–Trinajstić information content (AvgIpc) is 3.52. The number of ether oxygens (including phenoxy) is 3. The van der Waals surface area contributed by atoms with E-state index in [1.807, 2.05) is 32.0 Å². The standard InChI is InChI=1S/C37H55N3O8S/c1-8-13-26-34(47-32(42)15-10-9-11-19-38-40-45-7)23(2)14-12-18-37(6)31(48-37)21-28(25-16-17-29-27(20-25)39-24(3)49-29)46-33(43)22-30(41)36(4,5)35(26)44/h8,16-17,20,23,26,28,30-31,34,38,40-41H,1,9-15,18-19,21-22H2,2-7H3/t23-,26+,28-,30-,31-,34-,37+/m0/s1. The molecule has 49 heavy (non-hydrogen) atoms. The van der Waals surface area contributed by atoms with Crippen LogP contribution in [0.15, 0.2) is 30.9 Å². The zero-order valence-corrected chi connectivity index (χ0v) is 30.7. The lowest BCUT2D eigenvalue weighted by Gasteiger charge is -2.37. The number of fused-ring (bicyclic) bond motifs is 2. The molecule has 272 valence electrons. The van der Waals surface area contributed by atoms with Crippen molar-refractivity contribution in [3.63, 3.8) is 0 Å². The number of esters is 2. The normalized spacial score (nSPS) is 29.6. The van der Waals surface area contributed by atoms with Crippen LogP contribution < -0.4 is 11.0 Å². The number of hydrazine groups is 1. The van der Waals surface area contributed by atoms with E-state index in [9.17, 15) is 19.5 Å². The van der Waals surface area contributed by atoms with E-state index in [0.29, 0.717) is 25.8 Å². The predicted molar refractivity (Wildman–Crippen MR) is 188 cm³/mol. The Morgan fingerprint density at radius 2 is 2.00 bits per heavy atom. The summed E-state index contributed by atoms with van der Waals surface area (Å²) < 4.78 is 19.5. The van der Waals surface area contributed by atoms with Crippen LogP contribution in [-0.2, 0) is 33.4 Å². The summed E-state index contributed by atoms with van der Waals surface area (Å²) in [6.07, 6.45) is 4.08. The first-order valence-electron chi connectivity index (χ1n) is 17.6. The number of aryl methyl sites for hydroxylation is 1. The number of nitrogens with zero attached hydrogens (tertiary/aromatic N) is 1. The Hall–Kier alpha value is -2.74. The van der Waals surface area contributed by atoms with E-state index < -0.39 is 35.6 Å². The summed E-state index contributed by atoms with van der Waals surface area (Å²) in [5.74, 6) is -2.12. The van der Waals surface area contributed by atoms with E-state index in [4.69, 9.17) is 19.0 Å². The minimum atomic E-state index is -1.33. The number of Topliss-reactive ketones (excluding diaryl/α,β-unsaturated/α-hetero) is 1. The first-order valence-corrected chi connectivity index (χ1v) is 18.4. The molecule has 2 aromatic rings. The molecule has 0 saturated carbocycles. The van der Waals surface area contributed by atoms with Crippen LogP contribution in [0.2, 0.25) is 0 Å². The van der Waals surface area contributed by atoms with Gasteiger partial charge in [0.1, 0.15) is 18.0 Å². The number of thiazole rings is 1. The van der Waals surface area contributed by atoms with Gasteiger partial charge in [0.2, 0.25) is 0 Å². The molecule has 0 radical (unpaired) electrons. The van der Waals surface area contributed by atoms with Crippen LogP contribution in [0.4, 0.5) is 0 Å². The maximum Gasteiger partial charge on any atom is 0.309 e. The van der Waals surface area contributed by atoms with Gasteiger partial charge in [-0.1, -0.05) is 45.8 Å². The van der Waals surface area contributed by atoms with Gasteiger partial charge in [0, 0.05) is 19.4 Å². The topological polar surface area (TPSA) is 149 Å². The summed E-state index contributed by atoms with van der Waals surface area (Å²) in [6.45, 7) is 13.9. The van der Waals surface area contributed by atoms with Gasteiger partial charge >= 0.3 is 11.9 Å². The molecule has 12 heteroatoms. The number of allylic oxidation sites excluding steroid dienone is 1. The molecule has 1 aromatic heterocycles. The summed E-state index contributed by atoms with van der Waals surface area (Å²) in [7, 11) is 1.52. The molecule has 3 N–H and O–H groups in total. The second-order valence-electron chi connectivity index (χ2n) is 14.4. The van der Waals surface area contributed by atoms with E-state index in [2.05, 4.69) is 29.5 Å². The van der Waals surface area contributed by atoms with Gasteiger partial charge in [-0.15, -0.1) is 23.5 Å². The van der Waals surface area contributed by atoms with Crippen LogP contribution in [0.5, 0.6) is 0 Å². The number of ketones is 1. The van der Waals surface area contributed by atoms with Gasteiger partial charge in [-0.2, -0.15) is 0 Å². The molecule has 3 heterocycles. The summed E-state index contributed by atoms with van der Waals surface area (Å²) in [5, 5.41) is 12.4. The number of benzene rings is 1. The zero-order chi connectivity index (χ0) is 35.8. The number of carbonyl (C=O) groups excluding carboxylic acids is 3. The number of nitrogens with one attached hydrogen (secondary N) is 2. The van der Waals surface area contributed by atoms with Crippen LogP contribution in [0, 0.1) is 24.2 Å². The van der Waals surface area contributed by atoms with Crippen LogP contribution in [0.25, 0.3) is 10.2 Å². The van der Waals surface area contributed by atoms with Crippen molar-refractivity contribution < 1.29 is 38.5 Å². The van der Waals surface area contributed by atoms with Crippen molar-refractivity contribution in [2.75, 3.05) is 13.7 Å². The minimum absolute atomic E-state index is 0.119. The highest BCUT2D eigenvalue weighted by molar-refractivity contribution is 7.18. The summed E-state index contributed by atoms with van der Waals surface area (Å²) in [5.41, 5.74) is 5.43. The molecule has 4 rings (SSSR count). The molecule has 0 unspecified atom stereocenters. The molecule has 0 spiro atoms. The SMILES string of the molecule is C=CC[C@H]1C(=O)C(C)(C)[C@@H](O)CC(=O)O[C@H](c2ccc3sc(C)nc3c2)C[C@@H]2O[C@]2(C)CCC[C@H](C)[C@@H]1OC(=O)CCCCCNNOC. The fourth-order valence-corrected chi connectivity index (χ4v) is 7.68. The van der Waals surface area contributed by atoms with E-state index >= 15 is 0 Å². The van der Waals surface area contributed by atoms with Gasteiger partial charge in [-0.25, -0.2) is 10.4 Å². The Morgan fingerprint density at radius 3 is 2.73 bits per heavy atom. The van der Waals surface area contributed by atoms with Crippen molar-refractivity contribution in [1.82, 2.24) is 16.0 Å². The number of hydrogen-bond donors (Lipinski definition) is 3.